The van der Waals surface area contributed by atoms with Gasteiger partial charge in [-0.3, -0.25) is 9.20 Å². The predicted octanol–water partition coefficient (Wildman–Crippen LogP) is 3.47. The molecule has 29 heavy (non-hydrogen) atoms. The highest BCUT2D eigenvalue weighted by Crippen LogP contribution is 2.51. The lowest BCUT2D eigenvalue weighted by Crippen LogP contribution is -2.33. The van der Waals surface area contributed by atoms with Gasteiger partial charge in [-0.25, -0.2) is 14.4 Å². The van der Waals surface area contributed by atoms with Gasteiger partial charge in [-0.05, 0) is 55.2 Å². The lowest BCUT2D eigenvalue weighted by Gasteiger charge is -2.40. The first-order valence-electron chi connectivity index (χ1n) is 10.0. The van der Waals surface area contributed by atoms with Crippen LogP contribution >= 0.6 is 11.6 Å². The molecule has 7 heteroatoms. The number of fused-ring (bicyclic) bond motifs is 2. The van der Waals surface area contributed by atoms with Crippen LogP contribution in [0.2, 0.25) is 5.02 Å². The zero-order valence-corrected chi connectivity index (χ0v) is 16.9. The van der Waals surface area contributed by atoms with Crippen molar-refractivity contribution in [3.8, 4) is 0 Å². The molecule has 0 bridgehead atoms. The van der Waals surface area contributed by atoms with Gasteiger partial charge in [-0.2, -0.15) is 0 Å². The Labute approximate surface area is 173 Å². The number of likely N-dealkylation sites (tertiary alicyclic amines) is 1. The lowest BCUT2D eigenvalue weighted by atomic mass is 9.64. The van der Waals surface area contributed by atoms with Crippen molar-refractivity contribution in [1.82, 2.24) is 19.3 Å². The van der Waals surface area contributed by atoms with Crippen molar-refractivity contribution in [2.75, 3.05) is 19.6 Å². The fraction of sp³-hybridized carbons (Fsp3) is 0.409. The third-order valence-electron chi connectivity index (χ3n) is 6.57. The minimum atomic E-state index is -0.181. The molecule has 5 rings (SSSR count). The summed E-state index contributed by atoms with van der Waals surface area (Å²) >= 11 is 6.00. The number of aryl methyl sites for hydroxylation is 1. The predicted molar refractivity (Wildman–Crippen MR) is 110 cm³/mol. The van der Waals surface area contributed by atoms with E-state index >= 15 is 0 Å². The highest BCUT2D eigenvalue weighted by atomic mass is 35.5. The third-order valence-corrected chi connectivity index (χ3v) is 6.76. The molecule has 0 amide bonds. The largest absolute Gasteiger partial charge is 0.302 e. The maximum atomic E-state index is 13.2. The average Bonchev–Trinajstić information content (AvgIpc) is 3.00. The van der Waals surface area contributed by atoms with E-state index in [1.54, 1.807) is 18.3 Å². The van der Waals surface area contributed by atoms with E-state index in [0.29, 0.717) is 35.0 Å². The smallest absolute Gasteiger partial charge is 0.262 e. The van der Waals surface area contributed by atoms with E-state index in [1.165, 1.54) is 16.2 Å². The molecular formula is C22H22ClFN4O. The summed E-state index contributed by atoms with van der Waals surface area (Å²) in [5, 5.41) is 0.416. The fourth-order valence-corrected chi connectivity index (χ4v) is 5.12. The van der Waals surface area contributed by atoms with Crippen LogP contribution in [0.4, 0.5) is 4.39 Å². The van der Waals surface area contributed by atoms with Gasteiger partial charge in [0.05, 0.1) is 16.9 Å². The minimum Gasteiger partial charge on any atom is -0.302 e. The molecule has 0 radical (unpaired) electrons. The molecule has 3 atom stereocenters. The van der Waals surface area contributed by atoms with E-state index in [2.05, 4.69) is 14.9 Å². The van der Waals surface area contributed by atoms with Gasteiger partial charge < -0.3 is 4.90 Å². The standard InChI is InChI=1S/C22H22ClFN4O/c1-13-18(21(29)28-11-16(23)9-25-22(28)26-13)6-7-27-10-15-8-19(20(15)12-27)14-2-4-17(24)5-3-14/h2-5,9,11,15,19-20H,6-8,10,12H2,1H3. The van der Waals surface area contributed by atoms with Gasteiger partial charge >= 0.3 is 0 Å². The molecule has 2 fully saturated rings. The quantitative estimate of drug-likeness (QED) is 0.658. The monoisotopic (exact) mass is 412 g/mol. The molecular weight excluding hydrogens is 391 g/mol. The van der Waals surface area contributed by atoms with Gasteiger partial charge in [-0.1, -0.05) is 23.7 Å². The van der Waals surface area contributed by atoms with Crippen LogP contribution < -0.4 is 5.56 Å². The zero-order valence-electron chi connectivity index (χ0n) is 16.2. The van der Waals surface area contributed by atoms with Crippen LogP contribution in [0.1, 0.15) is 29.2 Å². The number of hydrogen-bond acceptors (Lipinski definition) is 4. The van der Waals surface area contributed by atoms with E-state index < -0.39 is 0 Å². The van der Waals surface area contributed by atoms with Crippen LogP contribution in [0, 0.1) is 24.6 Å². The first-order chi connectivity index (χ1) is 14.0. The highest BCUT2D eigenvalue weighted by Gasteiger charge is 2.47. The van der Waals surface area contributed by atoms with Crippen LogP contribution in [0.5, 0.6) is 0 Å². The number of aromatic nitrogens is 3. The summed E-state index contributed by atoms with van der Waals surface area (Å²) in [6, 6.07) is 6.95. The van der Waals surface area contributed by atoms with Gasteiger partial charge in [-0.15, -0.1) is 0 Å². The Kier molecular flexibility index (Phi) is 4.63. The minimum absolute atomic E-state index is 0.0890. The topological polar surface area (TPSA) is 50.5 Å². The second-order valence-electron chi connectivity index (χ2n) is 8.25. The van der Waals surface area contributed by atoms with Crippen LogP contribution in [0.25, 0.3) is 5.78 Å². The number of nitrogens with zero attached hydrogens (tertiary/aromatic N) is 4. The number of halogens is 2. The number of benzene rings is 1. The van der Waals surface area contributed by atoms with Gasteiger partial charge in [0.2, 0.25) is 5.78 Å². The first kappa shape index (κ1) is 18.7. The molecule has 0 spiro atoms. The van der Waals surface area contributed by atoms with Gasteiger partial charge in [0.15, 0.2) is 0 Å². The van der Waals surface area contributed by atoms with Crippen LogP contribution in [0.3, 0.4) is 0 Å². The number of rotatable bonds is 4. The Morgan fingerprint density at radius 3 is 2.83 bits per heavy atom. The van der Waals surface area contributed by atoms with Crippen molar-refractivity contribution >= 4 is 17.4 Å². The highest BCUT2D eigenvalue weighted by molar-refractivity contribution is 6.30. The molecule has 3 unspecified atom stereocenters. The molecule has 150 valence electrons. The van der Waals surface area contributed by atoms with Crippen molar-refractivity contribution in [3.63, 3.8) is 0 Å². The lowest BCUT2D eigenvalue weighted by molar-refractivity contribution is 0.191. The van der Waals surface area contributed by atoms with Crippen molar-refractivity contribution in [2.45, 2.75) is 25.7 Å². The second-order valence-corrected chi connectivity index (χ2v) is 8.69. The molecule has 2 aliphatic rings. The van der Waals surface area contributed by atoms with Crippen molar-refractivity contribution < 1.29 is 4.39 Å². The molecule has 1 aromatic carbocycles. The Balaban J connectivity index is 1.28. The van der Waals surface area contributed by atoms with Gasteiger partial charge in [0.1, 0.15) is 5.82 Å². The van der Waals surface area contributed by atoms with E-state index in [0.717, 1.165) is 37.3 Å². The molecule has 0 N–H and O–H groups in total. The van der Waals surface area contributed by atoms with Crippen molar-refractivity contribution in [1.29, 1.82) is 0 Å². The summed E-state index contributed by atoms with van der Waals surface area (Å²) in [7, 11) is 0. The normalized spacial score (nSPS) is 23.9. The maximum Gasteiger partial charge on any atom is 0.262 e. The van der Waals surface area contributed by atoms with Crippen molar-refractivity contribution in [3.05, 3.63) is 74.7 Å². The van der Waals surface area contributed by atoms with Crippen LogP contribution in [-0.4, -0.2) is 38.9 Å². The third kappa shape index (κ3) is 3.34. The Bertz CT molecular complexity index is 1130. The zero-order chi connectivity index (χ0) is 20.1. The van der Waals surface area contributed by atoms with Crippen LogP contribution in [-0.2, 0) is 6.42 Å². The Hall–Kier alpha value is -2.31. The van der Waals surface area contributed by atoms with Crippen molar-refractivity contribution in [2.24, 2.45) is 11.8 Å². The maximum absolute atomic E-state index is 13.2. The summed E-state index contributed by atoms with van der Waals surface area (Å²) in [6.07, 6.45) is 4.90. The first-order valence-corrected chi connectivity index (χ1v) is 10.4. The Morgan fingerprint density at radius 1 is 1.24 bits per heavy atom. The second kappa shape index (κ2) is 7.18. The summed E-state index contributed by atoms with van der Waals surface area (Å²) in [5.41, 5.74) is 2.61. The molecule has 1 aliphatic carbocycles. The molecule has 1 saturated carbocycles. The SMILES string of the molecule is Cc1nc2ncc(Cl)cn2c(=O)c1CCN1CC2CC(c3ccc(F)cc3)C2C1. The van der Waals surface area contributed by atoms with E-state index in [9.17, 15) is 9.18 Å². The molecule has 3 aromatic rings. The molecule has 1 saturated heterocycles. The summed E-state index contributed by atoms with van der Waals surface area (Å²) in [6.45, 7) is 4.80. The van der Waals surface area contributed by atoms with E-state index in [-0.39, 0.29) is 11.4 Å². The summed E-state index contributed by atoms with van der Waals surface area (Å²) < 4.78 is 14.6. The number of hydrogen-bond donors (Lipinski definition) is 0. The average molecular weight is 413 g/mol. The fourth-order valence-electron chi connectivity index (χ4n) is 4.98. The molecule has 5 nitrogen and oxygen atoms in total. The van der Waals surface area contributed by atoms with E-state index in [1.807, 2.05) is 19.1 Å². The van der Waals surface area contributed by atoms with Gasteiger partial charge in [0.25, 0.3) is 5.56 Å². The summed E-state index contributed by atoms with van der Waals surface area (Å²) in [4.78, 5) is 23.9. The van der Waals surface area contributed by atoms with E-state index in [4.69, 9.17) is 11.6 Å². The molecule has 1 aliphatic heterocycles. The van der Waals surface area contributed by atoms with Gasteiger partial charge in [0, 0.05) is 31.4 Å². The summed E-state index contributed by atoms with van der Waals surface area (Å²) in [5.74, 6) is 2.04. The Morgan fingerprint density at radius 2 is 2.03 bits per heavy atom. The molecule has 3 heterocycles. The van der Waals surface area contributed by atoms with Crippen LogP contribution in [0.15, 0.2) is 41.5 Å². The molecule has 2 aromatic heterocycles.